The van der Waals surface area contributed by atoms with Crippen LogP contribution < -0.4 is 10.1 Å². The van der Waals surface area contributed by atoms with E-state index in [0.717, 1.165) is 34.4 Å². The summed E-state index contributed by atoms with van der Waals surface area (Å²) in [5, 5.41) is 4.17. The molecule has 0 aliphatic rings. The Hall–Kier alpha value is -3.71. The lowest BCUT2D eigenvalue weighted by atomic mass is 10.0. The quantitative estimate of drug-likeness (QED) is 0.443. The van der Waals surface area contributed by atoms with E-state index in [9.17, 15) is 4.79 Å². The van der Waals surface area contributed by atoms with Gasteiger partial charge in [-0.25, -0.2) is 9.97 Å². The average molecular weight is 444 g/mol. The van der Waals surface area contributed by atoms with Crippen molar-refractivity contribution in [2.24, 2.45) is 0 Å². The van der Waals surface area contributed by atoms with Crippen LogP contribution in [0.4, 0.5) is 0 Å². The minimum Gasteiger partial charge on any atom is -0.492 e. The van der Waals surface area contributed by atoms with Gasteiger partial charge in [0.1, 0.15) is 24.5 Å². The first-order valence-corrected chi connectivity index (χ1v) is 11.0. The molecule has 170 valence electrons. The number of ether oxygens (including phenoxy) is 1. The summed E-state index contributed by atoms with van der Waals surface area (Å²) in [6.07, 6.45) is 5.29. The molecule has 0 bridgehead atoms. The molecule has 1 atom stereocenters. The fraction of sp³-hybridized carbons (Fsp3) is 0.269. The van der Waals surface area contributed by atoms with Crippen LogP contribution in [0.2, 0.25) is 0 Å². The Morgan fingerprint density at radius 1 is 1.18 bits per heavy atom. The van der Waals surface area contributed by atoms with E-state index in [4.69, 9.17) is 9.72 Å². The predicted molar refractivity (Wildman–Crippen MR) is 130 cm³/mol. The van der Waals surface area contributed by atoms with Crippen molar-refractivity contribution in [2.75, 3.05) is 27.2 Å². The summed E-state index contributed by atoms with van der Waals surface area (Å²) in [6, 6.07) is 15.4. The van der Waals surface area contributed by atoms with Crippen molar-refractivity contribution in [2.45, 2.75) is 19.9 Å². The summed E-state index contributed by atoms with van der Waals surface area (Å²) in [4.78, 5) is 24.2. The molecule has 7 heteroatoms. The van der Waals surface area contributed by atoms with Gasteiger partial charge in [0.2, 0.25) is 0 Å². The van der Waals surface area contributed by atoms with E-state index in [-0.39, 0.29) is 11.9 Å². The second-order valence-electron chi connectivity index (χ2n) is 8.38. The molecule has 1 N–H and O–H groups in total. The molecule has 0 saturated carbocycles. The Bertz CT molecular complexity index is 1250. The van der Waals surface area contributed by atoms with Crippen molar-refractivity contribution in [1.29, 1.82) is 0 Å². The topological polar surface area (TPSA) is 72.3 Å². The molecule has 7 nitrogen and oxygen atoms in total. The molecule has 33 heavy (non-hydrogen) atoms. The first-order chi connectivity index (χ1) is 15.9. The van der Waals surface area contributed by atoms with E-state index < -0.39 is 0 Å². The van der Waals surface area contributed by atoms with Gasteiger partial charge in [0.05, 0.1) is 11.6 Å². The van der Waals surface area contributed by atoms with Gasteiger partial charge in [0.25, 0.3) is 5.91 Å². The standard InChI is InChI=1S/C26H29N5O2/c1-18-9-10-20(33-14-13-30(3)4)15-22(18)26(32)28-19(2)23-16-25(31-12-11-27-17-31)29-24-8-6-5-7-21(23)24/h5-12,15-17,19H,13-14H2,1-4H3,(H,28,32). The van der Waals surface area contributed by atoms with Gasteiger partial charge in [0.15, 0.2) is 0 Å². The van der Waals surface area contributed by atoms with E-state index in [1.165, 1.54) is 0 Å². The van der Waals surface area contributed by atoms with Crippen LogP contribution in [0.1, 0.15) is 34.5 Å². The van der Waals surface area contributed by atoms with Crippen LogP contribution in [0.3, 0.4) is 0 Å². The maximum Gasteiger partial charge on any atom is 0.252 e. The highest BCUT2D eigenvalue weighted by Gasteiger charge is 2.18. The van der Waals surface area contributed by atoms with Crippen molar-refractivity contribution >= 4 is 16.8 Å². The molecule has 1 unspecified atom stereocenters. The number of hydrogen-bond acceptors (Lipinski definition) is 5. The second kappa shape index (κ2) is 9.83. The maximum absolute atomic E-state index is 13.2. The fourth-order valence-electron chi connectivity index (χ4n) is 3.71. The maximum atomic E-state index is 13.2. The number of aryl methyl sites for hydroxylation is 1. The highest BCUT2D eigenvalue weighted by molar-refractivity contribution is 5.96. The lowest BCUT2D eigenvalue weighted by Crippen LogP contribution is -2.27. The lowest BCUT2D eigenvalue weighted by molar-refractivity contribution is 0.0939. The van der Waals surface area contributed by atoms with Gasteiger partial charge in [-0.15, -0.1) is 0 Å². The molecule has 4 aromatic rings. The molecule has 1 amide bonds. The molecule has 4 rings (SSSR count). The van der Waals surface area contributed by atoms with E-state index in [1.807, 2.05) is 87.2 Å². The van der Waals surface area contributed by atoms with Crippen molar-refractivity contribution in [1.82, 2.24) is 24.8 Å². The van der Waals surface area contributed by atoms with Gasteiger partial charge in [-0.1, -0.05) is 24.3 Å². The first-order valence-electron chi connectivity index (χ1n) is 11.0. The Labute approximate surface area is 194 Å². The van der Waals surface area contributed by atoms with Crippen LogP contribution in [-0.2, 0) is 0 Å². The molecule has 0 saturated heterocycles. The number of fused-ring (bicyclic) bond motifs is 1. The third kappa shape index (κ3) is 5.21. The van der Waals surface area contributed by atoms with Crippen molar-refractivity contribution in [3.8, 4) is 11.6 Å². The average Bonchev–Trinajstić information content (AvgIpc) is 3.34. The van der Waals surface area contributed by atoms with Crippen molar-refractivity contribution < 1.29 is 9.53 Å². The molecular formula is C26H29N5O2. The van der Waals surface area contributed by atoms with Crippen LogP contribution >= 0.6 is 0 Å². The Morgan fingerprint density at radius 2 is 2.00 bits per heavy atom. The summed E-state index contributed by atoms with van der Waals surface area (Å²) >= 11 is 0. The molecular weight excluding hydrogens is 414 g/mol. The number of benzene rings is 2. The molecule has 0 radical (unpaired) electrons. The Morgan fingerprint density at radius 3 is 2.76 bits per heavy atom. The number of para-hydroxylation sites is 1. The summed E-state index contributed by atoms with van der Waals surface area (Å²) < 4.78 is 7.69. The minimum atomic E-state index is -0.231. The van der Waals surface area contributed by atoms with Gasteiger partial charge in [0, 0.05) is 29.9 Å². The van der Waals surface area contributed by atoms with Gasteiger partial charge in [-0.2, -0.15) is 0 Å². The number of carbonyl (C=O) groups is 1. The number of hydrogen-bond donors (Lipinski definition) is 1. The number of amides is 1. The number of aromatic nitrogens is 3. The van der Waals surface area contributed by atoms with Crippen LogP contribution in [-0.4, -0.2) is 52.6 Å². The molecule has 0 fully saturated rings. The number of pyridine rings is 1. The normalized spacial score (nSPS) is 12.2. The monoisotopic (exact) mass is 443 g/mol. The van der Waals surface area contributed by atoms with E-state index >= 15 is 0 Å². The summed E-state index contributed by atoms with van der Waals surface area (Å²) in [7, 11) is 4.00. The number of nitrogens with one attached hydrogen (secondary N) is 1. The van der Waals surface area contributed by atoms with Gasteiger partial charge >= 0.3 is 0 Å². The van der Waals surface area contributed by atoms with Crippen molar-refractivity contribution in [3.63, 3.8) is 0 Å². The summed E-state index contributed by atoms with van der Waals surface area (Å²) in [5.74, 6) is 1.31. The fourth-order valence-corrected chi connectivity index (χ4v) is 3.71. The van der Waals surface area contributed by atoms with Crippen LogP contribution in [0.15, 0.2) is 67.3 Å². The minimum absolute atomic E-state index is 0.136. The molecule has 2 heterocycles. The largest absolute Gasteiger partial charge is 0.492 e. The molecule has 0 aliphatic carbocycles. The highest BCUT2D eigenvalue weighted by Crippen LogP contribution is 2.26. The van der Waals surface area contributed by atoms with Gasteiger partial charge in [-0.3, -0.25) is 9.36 Å². The Kier molecular flexibility index (Phi) is 6.70. The lowest BCUT2D eigenvalue weighted by Gasteiger charge is -2.19. The first kappa shape index (κ1) is 22.5. The zero-order chi connectivity index (χ0) is 23.4. The zero-order valence-electron chi connectivity index (χ0n) is 19.4. The third-order valence-corrected chi connectivity index (χ3v) is 5.58. The van der Waals surface area contributed by atoms with Crippen LogP contribution in [0, 0.1) is 6.92 Å². The SMILES string of the molecule is Cc1ccc(OCCN(C)C)cc1C(=O)NC(C)c1cc(-n2ccnc2)nc2ccccc12. The Balaban J connectivity index is 1.60. The van der Waals surface area contributed by atoms with E-state index in [1.54, 1.807) is 12.5 Å². The van der Waals surface area contributed by atoms with E-state index in [2.05, 4.69) is 15.2 Å². The van der Waals surface area contributed by atoms with Gasteiger partial charge in [-0.05, 0) is 63.3 Å². The molecule has 2 aromatic heterocycles. The number of rotatable bonds is 8. The smallest absolute Gasteiger partial charge is 0.252 e. The van der Waals surface area contributed by atoms with Crippen molar-refractivity contribution in [3.05, 3.63) is 83.9 Å². The molecule has 0 aliphatic heterocycles. The summed E-state index contributed by atoms with van der Waals surface area (Å²) in [5.41, 5.74) is 3.37. The van der Waals surface area contributed by atoms with Crippen LogP contribution in [0.5, 0.6) is 5.75 Å². The van der Waals surface area contributed by atoms with E-state index in [0.29, 0.717) is 17.9 Å². The van der Waals surface area contributed by atoms with Crippen LogP contribution in [0.25, 0.3) is 16.7 Å². The molecule has 2 aromatic carbocycles. The number of imidazole rings is 1. The number of carbonyl (C=O) groups excluding carboxylic acids is 1. The zero-order valence-corrected chi connectivity index (χ0v) is 19.4. The highest BCUT2D eigenvalue weighted by atomic mass is 16.5. The molecule has 0 spiro atoms. The van der Waals surface area contributed by atoms with Gasteiger partial charge < -0.3 is 15.0 Å². The number of nitrogens with zero attached hydrogens (tertiary/aromatic N) is 4. The third-order valence-electron chi connectivity index (χ3n) is 5.58. The number of likely N-dealkylation sites (N-methyl/N-ethyl adjacent to an activating group) is 1. The summed E-state index contributed by atoms with van der Waals surface area (Å²) in [6.45, 7) is 5.29. The predicted octanol–water partition coefficient (Wildman–Crippen LogP) is 4.16. The second-order valence-corrected chi connectivity index (χ2v) is 8.38.